The van der Waals surface area contributed by atoms with Gasteiger partial charge in [-0.1, -0.05) is 0 Å². The first-order chi connectivity index (χ1) is 6.43. The van der Waals surface area contributed by atoms with Crippen molar-refractivity contribution in [1.29, 1.82) is 0 Å². The van der Waals surface area contributed by atoms with E-state index < -0.39 is 5.60 Å². The molecule has 0 saturated carbocycles. The first-order valence-electron chi connectivity index (χ1n) is 4.77. The molecule has 5 nitrogen and oxygen atoms in total. The molecular formula is C9H20N2O3. The van der Waals surface area contributed by atoms with E-state index in [4.69, 9.17) is 5.11 Å². The molecular weight excluding hydrogens is 184 g/mol. The fraction of sp³-hybridized carbons (Fsp3) is 0.889. The lowest BCUT2D eigenvalue weighted by molar-refractivity contribution is -0.123. The van der Waals surface area contributed by atoms with Gasteiger partial charge in [0.25, 0.3) is 0 Å². The highest BCUT2D eigenvalue weighted by atomic mass is 16.3. The van der Waals surface area contributed by atoms with E-state index in [-0.39, 0.29) is 25.1 Å². The highest BCUT2D eigenvalue weighted by Crippen LogP contribution is 1.99. The summed E-state index contributed by atoms with van der Waals surface area (Å²) in [6.07, 6.45) is 0. The molecule has 0 aromatic heterocycles. The van der Waals surface area contributed by atoms with Gasteiger partial charge in [-0.25, -0.2) is 0 Å². The summed E-state index contributed by atoms with van der Waals surface area (Å²) in [7, 11) is 0. The zero-order valence-electron chi connectivity index (χ0n) is 9.00. The van der Waals surface area contributed by atoms with Crippen LogP contribution in [0.2, 0.25) is 0 Å². The molecule has 0 aliphatic heterocycles. The normalized spacial score (nSPS) is 17.2. The Morgan fingerprint density at radius 3 is 2.57 bits per heavy atom. The predicted octanol–water partition coefficient (Wildman–Crippen LogP) is -1.16. The highest BCUT2D eigenvalue weighted by molar-refractivity contribution is 5.81. The Bertz CT molecular complexity index is 183. The molecule has 0 radical (unpaired) electrons. The van der Waals surface area contributed by atoms with E-state index >= 15 is 0 Å². The van der Waals surface area contributed by atoms with Gasteiger partial charge in [-0.05, 0) is 20.8 Å². The molecule has 14 heavy (non-hydrogen) atoms. The van der Waals surface area contributed by atoms with Gasteiger partial charge in [0.05, 0.1) is 18.2 Å². The lowest BCUT2D eigenvalue weighted by atomic mass is 10.1. The average molecular weight is 204 g/mol. The van der Waals surface area contributed by atoms with Gasteiger partial charge in [-0.3, -0.25) is 4.79 Å². The number of hydrogen-bond donors (Lipinski definition) is 4. The number of rotatable bonds is 6. The molecule has 0 saturated heterocycles. The van der Waals surface area contributed by atoms with Crippen LogP contribution >= 0.6 is 0 Å². The first kappa shape index (κ1) is 13.4. The SMILES string of the molecule is CCNC(=O)C(C)NCC(C)(O)CO. The van der Waals surface area contributed by atoms with E-state index in [0.717, 1.165) is 0 Å². The Labute approximate surface area is 84.5 Å². The molecule has 0 aromatic carbocycles. The van der Waals surface area contributed by atoms with Crippen molar-refractivity contribution in [1.82, 2.24) is 10.6 Å². The molecule has 4 N–H and O–H groups in total. The number of amides is 1. The second-order valence-electron chi connectivity index (χ2n) is 3.65. The van der Waals surface area contributed by atoms with Gasteiger partial charge in [0.1, 0.15) is 0 Å². The van der Waals surface area contributed by atoms with Gasteiger partial charge in [0, 0.05) is 13.1 Å². The second-order valence-corrected chi connectivity index (χ2v) is 3.65. The molecule has 5 heteroatoms. The molecule has 0 spiro atoms. The van der Waals surface area contributed by atoms with Crippen molar-refractivity contribution in [2.45, 2.75) is 32.4 Å². The third-order valence-electron chi connectivity index (χ3n) is 1.87. The molecule has 2 unspecified atom stereocenters. The van der Waals surface area contributed by atoms with E-state index in [1.165, 1.54) is 6.92 Å². The summed E-state index contributed by atoms with van der Waals surface area (Å²) in [6, 6.07) is -0.368. The summed E-state index contributed by atoms with van der Waals surface area (Å²) in [6.45, 7) is 5.49. The summed E-state index contributed by atoms with van der Waals surface area (Å²) in [5.41, 5.74) is -1.18. The van der Waals surface area contributed by atoms with Crippen LogP contribution in [0.4, 0.5) is 0 Å². The standard InChI is InChI=1S/C9H20N2O3/c1-4-10-8(13)7(2)11-5-9(3,14)6-12/h7,11-12,14H,4-6H2,1-3H3,(H,10,13). The minimum Gasteiger partial charge on any atom is -0.393 e. The third kappa shape index (κ3) is 5.16. The van der Waals surface area contributed by atoms with Gasteiger partial charge in [-0.2, -0.15) is 0 Å². The molecule has 0 rings (SSSR count). The molecule has 2 atom stereocenters. The monoisotopic (exact) mass is 204 g/mol. The van der Waals surface area contributed by atoms with Crippen molar-refractivity contribution >= 4 is 5.91 Å². The molecule has 0 aromatic rings. The van der Waals surface area contributed by atoms with E-state index in [0.29, 0.717) is 6.54 Å². The van der Waals surface area contributed by atoms with E-state index in [2.05, 4.69) is 10.6 Å². The number of aliphatic hydroxyl groups is 2. The predicted molar refractivity (Wildman–Crippen MR) is 53.9 cm³/mol. The Kier molecular flexibility index (Phi) is 5.68. The van der Waals surface area contributed by atoms with Gasteiger partial charge >= 0.3 is 0 Å². The molecule has 0 aliphatic rings. The van der Waals surface area contributed by atoms with Crippen LogP contribution in [-0.2, 0) is 4.79 Å². The van der Waals surface area contributed by atoms with Crippen molar-refractivity contribution in [3.05, 3.63) is 0 Å². The van der Waals surface area contributed by atoms with Gasteiger partial charge in [0.2, 0.25) is 5.91 Å². The van der Waals surface area contributed by atoms with E-state index in [1.807, 2.05) is 6.92 Å². The van der Waals surface area contributed by atoms with Crippen LogP contribution in [0.5, 0.6) is 0 Å². The second kappa shape index (κ2) is 5.95. The van der Waals surface area contributed by atoms with Crippen molar-refractivity contribution in [2.24, 2.45) is 0 Å². The fourth-order valence-electron chi connectivity index (χ4n) is 0.849. The summed E-state index contributed by atoms with van der Waals surface area (Å²) in [5, 5.41) is 23.7. The molecule has 84 valence electrons. The zero-order chi connectivity index (χ0) is 11.2. The average Bonchev–Trinajstić information content (AvgIpc) is 2.15. The van der Waals surface area contributed by atoms with Crippen LogP contribution in [0.15, 0.2) is 0 Å². The summed E-state index contributed by atoms with van der Waals surface area (Å²) < 4.78 is 0. The van der Waals surface area contributed by atoms with Crippen LogP contribution in [0.25, 0.3) is 0 Å². The Morgan fingerprint density at radius 2 is 2.14 bits per heavy atom. The molecule has 1 amide bonds. The molecule has 0 aliphatic carbocycles. The van der Waals surface area contributed by atoms with Crippen LogP contribution in [0.1, 0.15) is 20.8 Å². The lowest BCUT2D eigenvalue weighted by Crippen LogP contribution is -2.49. The zero-order valence-corrected chi connectivity index (χ0v) is 9.00. The van der Waals surface area contributed by atoms with E-state index in [1.54, 1.807) is 6.92 Å². The number of likely N-dealkylation sites (N-methyl/N-ethyl adjacent to an activating group) is 1. The minimum absolute atomic E-state index is 0.110. The van der Waals surface area contributed by atoms with Crippen molar-refractivity contribution in [2.75, 3.05) is 19.7 Å². The highest BCUT2D eigenvalue weighted by Gasteiger charge is 2.21. The first-order valence-corrected chi connectivity index (χ1v) is 4.77. The maximum absolute atomic E-state index is 11.2. The number of hydrogen-bond acceptors (Lipinski definition) is 4. The summed E-state index contributed by atoms with van der Waals surface area (Å²) >= 11 is 0. The maximum atomic E-state index is 11.2. The molecule has 0 heterocycles. The summed E-state index contributed by atoms with van der Waals surface area (Å²) in [4.78, 5) is 11.2. The smallest absolute Gasteiger partial charge is 0.236 e. The quantitative estimate of drug-likeness (QED) is 0.440. The van der Waals surface area contributed by atoms with Crippen LogP contribution in [-0.4, -0.2) is 47.5 Å². The molecule has 0 fully saturated rings. The van der Waals surface area contributed by atoms with E-state index in [9.17, 15) is 9.90 Å². The Morgan fingerprint density at radius 1 is 1.57 bits per heavy atom. The van der Waals surface area contributed by atoms with Crippen LogP contribution in [0.3, 0.4) is 0 Å². The third-order valence-corrected chi connectivity index (χ3v) is 1.87. The maximum Gasteiger partial charge on any atom is 0.236 e. The number of carbonyl (C=O) groups excluding carboxylic acids is 1. The molecule has 0 bridgehead atoms. The topological polar surface area (TPSA) is 81.6 Å². The largest absolute Gasteiger partial charge is 0.393 e. The Hall–Kier alpha value is -0.650. The number of carbonyl (C=O) groups is 1. The van der Waals surface area contributed by atoms with Crippen molar-refractivity contribution < 1.29 is 15.0 Å². The van der Waals surface area contributed by atoms with Gasteiger partial charge < -0.3 is 20.8 Å². The van der Waals surface area contributed by atoms with Crippen LogP contribution in [0, 0.1) is 0 Å². The number of nitrogens with one attached hydrogen (secondary N) is 2. The lowest BCUT2D eigenvalue weighted by Gasteiger charge is -2.23. The van der Waals surface area contributed by atoms with Crippen LogP contribution < -0.4 is 10.6 Å². The fourth-order valence-corrected chi connectivity index (χ4v) is 0.849. The Balaban J connectivity index is 3.84. The van der Waals surface area contributed by atoms with Crippen molar-refractivity contribution in [3.63, 3.8) is 0 Å². The van der Waals surface area contributed by atoms with Gasteiger partial charge in [0.15, 0.2) is 0 Å². The van der Waals surface area contributed by atoms with Gasteiger partial charge in [-0.15, -0.1) is 0 Å². The minimum atomic E-state index is -1.18. The van der Waals surface area contributed by atoms with Crippen molar-refractivity contribution in [3.8, 4) is 0 Å². The summed E-state index contributed by atoms with van der Waals surface area (Å²) in [5.74, 6) is -0.110. The number of aliphatic hydroxyl groups excluding tert-OH is 1.